The summed E-state index contributed by atoms with van der Waals surface area (Å²) in [5.41, 5.74) is 4.20. The van der Waals surface area contributed by atoms with Crippen LogP contribution in [0.1, 0.15) is 31.2 Å². The molecule has 0 aliphatic heterocycles. The number of nitriles is 1. The first-order chi connectivity index (χ1) is 6.31. The zero-order valence-corrected chi connectivity index (χ0v) is 7.54. The van der Waals surface area contributed by atoms with Gasteiger partial charge in [-0.2, -0.15) is 5.26 Å². The van der Waals surface area contributed by atoms with Crippen LogP contribution in [0.2, 0.25) is 0 Å². The van der Waals surface area contributed by atoms with E-state index in [-0.39, 0.29) is 0 Å². The second kappa shape index (κ2) is 3.02. The van der Waals surface area contributed by atoms with Crippen molar-refractivity contribution in [2.75, 3.05) is 0 Å². The number of pyridine rings is 1. The van der Waals surface area contributed by atoms with Crippen LogP contribution in [0.25, 0.3) is 5.57 Å². The molecule has 13 heavy (non-hydrogen) atoms. The quantitative estimate of drug-likeness (QED) is 0.649. The summed E-state index contributed by atoms with van der Waals surface area (Å²) in [7, 11) is 0. The van der Waals surface area contributed by atoms with Gasteiger partial charge >= 0.3 is 0 Å². The lowest BCUT2D eigenvalue weighted by atomic mass is 9.87. The lowest BCUT2D eigenvalue weighted by molar-refractivity contribution is 0.891. The molecule has 0 unspecified atom stereocenters. The molecule has 0 fully saturated rings. The molecule has 1 aromatic heterocycles. The Hall–Kier alpha value is -1.62. The van der Waals surface area contributed by atoms with Crippen LogP contribution in [-0.2, 0) is 0 Å². The van der Waals surface area contributed by atoms with Crippen molar-refractivity contribution >= 4 is 5.57 Å². The molecule has 0 saturated carbocycles. The van der Waals surface area contributed by atoms with Crippen molar-refractivity contribution in [3.8, 4) is 6.07 Å². The monoisotopic (exact) mass is 170 g/mol. The van der Waals surface area contributed by atoms with E-state index in [9.17, 15) is 0 Å². The molecular formula is C11H10N2. The number of hydrogen-bond acceptors (Lipinski definition) is 2. The van der Waals surface area contributed by atoms with Crippen molar-refractivity contribution in [3.05, 3.63) is 35.2 Å². The Morgan fingerprint density at radius 2 is 2.23 bits per heavy atom. The Labute approximate surface area is 77.5 Å². The van der Waals surface area contributed by atoms with E-state index < -0.39 is 0 Å². The molecular weight excluding hydrogens is 160 g/mol. The summed E-state index contributed by atoms with van der Waals surface area (Å²) in [6.07, 6.45) is 2.28. The van der Waals surface area contributed by atoms with Crippen LogP contribution < -0.4 is 0 Å². The van der Waals surface area contributed by atoms with Gasteiger partial charge in [-0.3, -0.25) is 0 Å². The molecule has 0 N–H and O–H groups in total. The molecule has 0 atom stereocenters. The fourth-order valence-corrected chi connectivity index (χ4v) is 1.51. The first-order valence-electron chi connectivity index (χ1n) is 4.37. The largest absolute Gasteiger partial charge is 0.237 e. The highest BCUT2D eigenvalue weighted by molar-refractivity contribution is 5.71. The number of rotatable bonds is 1. The van der Waals surface area contributed by atoms with Crippen LogP contribution in [0.15, 0.2) is 23.8 Å². The van der Waals surface area contributed by atoms with Crippen LogP contribution in [0, 0.1) is 11.3 Å². The lowest BCUT2D eigenvalue weighted by Gasteiger charge is -2.20. The maximum Gasteiger partial charge on any atom is 0.141 e. The molecule has 2 rings (SSSR count). The topological polar surface area (TPSA) is 36.7 Å². The van der Waals surface area contributed by atoms with Gasteiger partial charge in [-0.1, -0.05) is 11.6 Å². The average Bonchev–Trinajstić information content (AvgIpc) is 2.16. The molecule has 1 heterocycles. The molecule has 0 spiro atoms. The SMILES string of the molecule is CC1=C(c2cccc(C#N)n2)CC1. The first kappa shape index (κ1) is 8.00. The standard InChI is InChI=1S/C11H10N2/c1-8-5-6-10(8)11-4-2-3-9(7-12)13-11/h2-4H,5-6H2,1H3. The van der Waals surface area contributed by atoms with Crippen molar-refractivity contribution < 1.29 is 0 Å². The summed E-state index contributed by atoms with van der Waals surface area (Å²) in [4.78, 5) is 4.24. The Bertz CT molecular complexity index is 410. The number of allylic oxidation sites excluding steroid dienone is 2. The van der Waals surface area contributed by atoms with Gasteiger partial charge in [-0.15, -0.1) is 0 Å². The van der Waals surface area contributed by atoms with Gasteiger partial charge in [0, 0.05) is 0 Å². The minimum atomic E-state index is 0.504. The van der Waals surface area contributed by atoms with E-state index in [1.54, 1.807) is 6.07 Å². The molecule has 0 amide bonds. The van der Waals surface area contributed by atoms with Gasteiger partial charge in [-0.05, 0) is 37.5 Å². The third-order valence-corrected chi connectivity index (χ3v) is 2.44. The fourth-order valence-electron chi connectivity index (χ4n) is 1.51. The Morgan fingerprint density at radius 3 is 2.77 bits per heavy atom. The minimum absolute atomic E-state index is 0.504. The highest BCUT2D eigenvalue weighted by Gasteiger charge is 2.15. The predicted octanol–water partition coefficient (Wildman–Crippen LogP) is 2.52. The Kier molecular flexibility index (Phi) is 1.86. The van der Waals surface area contributed by atoms with Crippen molar-refractivity contribution in [3.63, 3.8) is 0 Å². The highest BCUT2D eigenvalue weighted by atomic mass is 14.7. The van der Waals surface area contributed by atoms with Gasteiger partial charge in [-0.25, -0.2) is 4.98 Å². The molecule has 0 bridgehead atoms. The maximum absolute atomic E-state index is 8.67. The van der Waals surface area contributed by atoms with Gasteiger partial charge in [0.05, 0.1) is 5.69 Å². The van der Waals surface area contributed by atoms with Gasteiger partial charge < -0.3 is 0 Å². The van der Waals surface area contributed by atoms with Gasteiger partial charge in [0.2, 0.25) is 0 Å². The average molecular weight is 170 g/mol. The minimum Gasteiger partial charge on any atom is -0.237 e. The van der Waals surface area contributed by atoms with Crippen molar-refractivity contribution in [1.82, 2.24) is 4.98 Å². The molecule has 0 saturated heterocycles. The van der Waals surface area contributed by atoms with Gasteiger partial charge in [0.1, 0.15) is 11.8 Å². The second-order valence-electron chi connectivity index (χ2n) is 3.28. The molecule has 2 nitrogen and oxygen atoms in total. The highest BCUT2D eigenvalue weighted by Crippen LogP contribution is 2.34. The molecule has 0 aromatic carbocycles. The van der Waals surface area contributed by atoms with E-state index in [0.29, 0.717) is 5.69 Å². The zero-order valence-electron chi connectivity index (χ0n) is 7.54. The fraction of sp³-hybridized carbons (Fsp3) is 0.273. The second-order valence-corrected chi connectivity index (χ2v) is 3.28. The first-order valence-corrected chi connectivity index (χ1v) is 4.37. The molecule has 0 radical (unpaired) electrons. The molecule has 1 aliphatic carbocycles. The van der Waals surface area contributed by atoms with E-state index in [1.807, 2.05) is 12.1 Å². The van der Waals surface area contributed by atoms with Crippen molar-refractivity contribution in [2.45, 2.75) is 19.8 Å². The molecule has 64 valence electrons. The van der Waals surface area contributed by atoms with E-state index in [4.69, 9.17) is 5.26 Å². The van der Waals surface area contributed by atoms with Crippen molar-refractivity contribution in [1.29, 1.82) is 5.26 Å². The number of hydrogen-bond donors (Lipinski definition) is 0. The van der Waals surface area contributed by atoms with E-state index >= 15 is 0 Å². The Balaban J connectivity index is 2.43. The summed E-state index contributed by atoms with van der Waals surface area (Å²) in [5, 5.41) is 8.67. The van der Waals surface area contributed by atoms with Crippen LogP contribution in [0.5, 0.6) is 0 Å². The van der Waals surface area contributed by atoms with Crippen LogP contribution in [0.3, 0.4) is 0 Å². The lowest BCUT2D eigenvalue weighted by Crippen LogP contribution is -2.02. The van der Waals surface area contributed by atoms with E-state index in [1.165, 1.54) is 17.6 Å². The summed E-state index contributed by atoms with van der Waals surface area (Å²) >= 11 is 0. The predicted molar refractivity (Wildman–Crippen MR) is 50.8 cm³/mol. The summed E-state index contributed by atoms with van der Waals surface area (Å²) < 4.78 is 0. The number of nitrogens with zero attached hydrogens (tertiary/aromatic N) is 2. The van der Waals surface area contributed by atoms with E-state index in [0.717, 1.165) is 12.1 Å². The van der Waals surface area contributed by atoms with Crippen LogP contribution >= 0.6 is 0 Å². The molecule has 1 aliphatic rings. The Morgan fingerprint density at radius 1 is 1.38 bits per heavy atom. The van der Waals surface area contributed by atoms with Crippen LogP contribution in [0.4, 0.5) is 0 Å². The normalized spacial score (nSPS) is 15.1. The summed E-state index contributed by atoms with van der Waals surface area (Å²) in [6, 6.07) is 7.65. The van der Waals surface area contributed by atoms with Gasteiger partial charge in [0.15, 0.2) is 0 Å². The smallest absolute Gasteiger partial charge is 0.141 e. The zero-order chi connectivity index (χ0) is 9.26. The molecule has 1 aromatic rings. The number of aromatic nitrogens is 1. The molecule has 2 heteroatoms. The van der Waals surface area contributed by atoms with E-state index in [2.05, 4.69) is 18.0 Å². The van der Waals surface area contributed by atoms with Crippen LogP contribution in [-0.4, -0.2) is 4.98 Å². The third-order valence-electron chi connectivity index (χ3n) is 2.44. The van der Waals surface area contributed by atoms with Gasteiger partial charge in [0.25, 0.3) is 0 Å². The third kappa shape index (κ3) is 1.33. The van der Waals surface area contributed by atoms with Crippen molar-refractivity contribution in [2.24, 2.45) is 0 Å². The summed E-state index contributed by atoms with van der Waals surface area (Å²) in [6.45, 7) is 2.12. The summed E-state index contributed by atoms with van der Waals surface area (Å²) in [5.74, 6) is 0. The maximum atomic E-state index is 8.67.